The molecule has 6 heteroatoms. The average molecular weight is 334 g/mol. The molecule has 2 N–H and O–H groups in total. The van der Waals surface area contributed by atoms with E-state index in [9.17, 15) is 9.59 Å². The number of para-hydroxylation sites is 1. The lowest BCUT2D eigenvalue weighted by molar-refractivity contribution is -0.130. The van der Waals surface area contributed by atoms with Crippen LogP contribution in [0.2, 0.25) is 0 Å². The van der Waals surface area contributed by atoms with Gasteiger partial charge in [0.05, 0.1) is 17.5 Å². The van der Waals surface area contributed by atoms with E-state index in [-0.39, 0.29) is 23.5 Å². The third-order valence-electron chi connectivity index (χ3n) is 3.58. The summed E-state index contributed by atoms with van der Waals surface area (Å²) in [5.74, 6) is 0.757. The summed E-state index contributed by atoms with van der Waals surface area (Å²) in [5.41, 5.74) is 5.93. The van der Waals surface area contributed by atoms with Crippen molar-refractivity contribution < 1.29 is 14.0 Å². The van der Waals surface area contributed by atoms with E-state index in [1.807, 2.05) is 44.2 Å². The largest absolute Gasteiger partial charge is 0.459 e. The van der Waals surface area contributed by atoms with Gasteiger partial charge in [0.1, 0.15) is 11.3 Å². The number of hydrogen-bond donors (Lipinski definition) is 1. The van der Waals surface area contributed by atoms with Crippen LogP contribution in [0.3, 0.4) is 0 Å². The highest BCUT2D eigenvalue weighted by Gasteiger charge is 2.23. The van der Waals surface area contributed by atoms with E-state index in [0.717, 1.165) is 23.2 Å². The molecular weight excluding hydrogens is 312 g/mol. The number of nitrogens with zero attached hydrogens (tertiary/aromatic N) is 1. The number of amides is 2. The lowest BCUT2D eigenvalue weighted by atomic mass is 10.2. The van der Waals surface area contributed by atoms with Gasteiger partial charge in [0, 0.05) is 11.9 Å². The molecular formula is C17H22N2O3S. The van der Waals surface area contributed by atoms with Crippen molar-refractivity contribution in [2.24, 2.45) is 5.73 Å². The first kappa shape index (κ1) is 17.4. The summed E-state index contributed by atoms with van der Waals surface area (Å²) in [6.45, 7) is 4.64. The first-order chi connectivity index (χ1) is 11.0. The van der Waals surface area contributed by atoms with Crippen LogP contribution < -0.4 is 5.73 Å². The topological polar surface area (TPSA) is 76.5 Å². The second-order valence-corrected chi connectivity index (χ2v) is 6.39. The molecule has 23 heavy (non-hydrogen) atoms. The number of hydrogen-bond acceptors (Lipinski definition) is 4. The van der Waals surface area contributed by atoms with Crippen LogP contribution in [0.1, 0.15) is 32.1 Å². The van der Waals surface area contributed by atoms with E-state index in [0.29, 0.717) is 6.54 Å². The van der Waals surface area contributed by atoms with Gasteiger partial charge in [-0.25, -0.2) is 0 Å². The van der Waals surface area contributed by atoms with Crippen LogP contribution in [0.4, 0.5) is 0 Å². The number of thioether (sulfide) groups is 1. The third-order valence-corrected chi connectivity index (χ3v) is 4.52. The van der Waals surface area contributed by atoms with Crippen molar-refractivity contribution in [3.8, 4) is 0 Å². The first-order valence-electron chi connectivity index (χ1n) is 7.67. The summed E-state index contributed by atoms with van der Waals surface area (Å²) < 4.78 is 5.88. The monoisotopic (exact) mass is 334 g/mol. The van der Waals surface area contributed by atoms with Gasteiger partial charge in [-0.05, 0) is 25.5 Å². The number of nitrogens with two attached hydrogens (primary N) is 1. The Morgan fingerprint density at radius 2 is 2.04 bits per heavy atom. The van der Waals surface area contributed by atoms with Gasteiger partial charge in [0.15, 0.2) is 0 Å². The minimum Gasteiger partial charge on any atom is -0.459 e. The lowest BCUT2D eigenvalue weighted by Gasteiger charge is -2.27. The molecule has 2 rings (SSSR count). The quantitative estimate of drug-likeness (QED) is 0.805. The normalized spacial score (nSPS) is 12.3. The van der Waals surface area contributed by atoms with Crippen molar-refractivity contribution in [1.29, 1.82) is 0 Å². The number of rotatable bonds is 8. The minimum atomic E-state index is -0.407. The van der Waals surface area contributed by atoms with Crippen molar-refractivity contribution in [3.05, 3.63) is 36.1 Å². The number of primary amides is 1. The van der Waals surface area contributed by atoms with Gasteiger partial charge >= 0.3 is 0 Å². The first-order valence-corrected chi connectivity index (χ1v) is 8.82. The van der Waals surface area contributed by atoms with Crippen molar-refractivity contribution in [3.63, 3.8) is 0 Å². The molecule has 1 heterocycles. The molecule has 0 radical (unpaired) electrons. The van der Waals surface area contributed by atoms with Gasteiger partial charge in [-0.15, -0.1) is 11.8 Å². The molecule has 0 saturated carbocycles. The van der Waals surface area contributed by atoms with Gasteiger partial charge in [0.25, 0.3) is 0 Å². The van der Waals surface area contributed by atoms with Crippen molar-refractivity contribution >= 4 is 34.5 Å². The summed E-state index contributed by atoms with van der Waals surface area (Å²) in [6.07, 6.45) is 0.858. The Hall–Kier alpha value is -1.95. The fraction of sp³-hybridized carbons (Fsp3) is 0.412. The van der Waals surface area contributed by atoms with Crippen LogP contribution in [0.25, 0.3) is 11.0 Å². The van der Waals surface area contributed by atoms with Crippen molar-refractivity contribution in [2.45, 2.75) is 26.3 Å². The molecule has 1 aromatic carbocycles. The molecule has 2 amide bonds. The predicted octanol–water partition coefficient (Wildman–Crippen LogP) is 2.95. The Morgan fingerprint density at radius 1 is 1.30 bits per heavy atom. The molecule has 0 fully saturated rings. The number of fused-ring (bicyclic) bond motifs is 1. The standard InChI is InChI=1S/C17H22N2O3S/c1-3-8-19(17(21)11-23-10-16(18)20)12(2)15-9-13-6-4-5-7-14(13)22-15/h4-7,9,12H,3,8,10-11H2,1-2H3,(H2,18,20)/t12-/m1/s1. The molecule has 0 unspecified atom stereocenters. The van der Waals surface area contributed by atoms with Crippen LogP contribution in [0.5, 0.6) is 0 Å². The van der Waals surface area contributed by atoms with E-state index >= 15 is 0 Å². The molecule has 0 saturated heterocycles. The second-order valence-electron chi connectivity index (χ2n) is 5.41. The molecule has 0 bridgehead atoms. The van der Waals surface area contributed by atoms with E-state index < -0.39 is 5.91 Å². The number of carbonyl (C=O) groups excluding carboxylic acids is 2. The van der Waals surface area contributed by atoms with Crippen LogP contribution in [-0.4, -0.2) is 34.8 Å². The van der Waals surface area contributed by atoms with Gasteiger partial charge < -0.3 is 15.1 Å². The predicted molar refractivity (Wildman–Crippen MR) is 93.2 cm³/mol. The molecule has 5 nitrogen and oxygen atoms in total. The molecule has 2 aromatic rings. The van der Waals surface area contributed by atoms with Gasteiger partial charge in [-0.2, -0.15) is 0 Å². The highest BCUT2D eigenvalue weighted by atomic mass is 32.2. The van der Waals surface area contributed by atoms with Gasteiger partial charge in [-0.3, -0.25) is 9.59 Å². The van der Waals surface area contributed by atoms with E-state index in [1.165, 1.54) is 11.8 Å². The van der Waals surface area contributed by atoms with E-state index in [1.54, 1.807) is 4.90 Å². The maximum absolute atomic E-state index is 12.5. The number of furan rings is 1. The summed E-state index contributed by atoms with van der Waals surface area (Å²) in [7, 11) is 0. The van der Waals surface area contributed by atoms with Crippen molar-refractivity contribution in [2.75, 3.05) is 18.1 Å². The third kappa shape index (κ3) is 4.51. The Labute approximate surface area is 140 Å². The molecule has 1 atom stereocenters. The van der Waals surface area contributed by atoms with Crippen LogP contribution >= 0.6 is 11.8 Å². The maximum Gasteiger partial charge on any atom is 0.233 e. The molecule has 0 spiro atoms. The van der Waals surface area contributed by atoms with Crippen LogP contribution in [-0.2, 0) is 9.59 Å². The highest BCUT2D eigenvalue weighted by Crippen LogP contribution is 2.28. The Balaban J connectivity index is 2.11. The second kappa shape index (κ2) is 8.06. The minimum absolute atomic E-state index is 0.00828. The molecule has 0 aliphatic carbocycles. The average Bonchev–Trinajstić information content (AvgIpc) is 2.95. The van der Waals surface area contributed by atoms with Gasteiger partial charge in [-0.1, -0.05) is 25.1 Å². The summed E-state index contributed by atoms with van der Waals surface area (Å²) in [6, 6.07) is 9.62. The zero-order valence-corrected chi connectivity index (χ0v) is 14.3. The molecule has 0 aliphatic heterocycles. The molecule has 124 valence electrons. The van der Waals surface area contributed by atoms with E-state index in [4.69, 9.17) is 10.2 Å². The highest BCUT2D eigenvalue weighted by molar-refractivity contribution is 8.00. The summed E-state index contributed by atoms with van der Waals surface area (Å²) in [5, 5.41) is 1.03. The Morgan fingerprint density at radius 3 is 2.70 bits per heavy atom. The Kier molecular flexibility index (Phi) is 6.10. The zero-order chi connectivity index (χ0) is 16.8. The fourth-order valence-electron chi connectivity index (χ4n) is 2.46. The smallest absolute Gasteiger partial charge is 0.233 e. The van der Waals surface area contributed by atoms with Crippen LogP contribution in [0.15, 0.2) is 34.7 Å². The SMILES string of the molecule is CCCN(C(=O)CSCC(N)=O)[C@H](C)c1cc2ccccc2o1. The molecule has 0 aliphatic rings. The number of carbonyl (C=O) groups is 2. The lowest BCUT2D eigenvalue weighted by Crippen LogP contribution is -2.35. The summed E-state index contributed by atoms with van der Waals surface area (Å²) >= 11 is 1.24. The maximum atomic E-state index is 12.5. The van der Waals surface area contributed by atoms with Crippen molar-refractivity contribution in [1.82, 2.24) is 4.90 Å². The van der Waals surface area contributed by atoms with E-state index in [2.05, 4.69) is 0 Å². The van der Waals surface area contributed by atoms with Crippen LogP contribution in [0, 0.1) is 0 Å². The number of benzene rings is 1. The summed E-state index contributed by atoms with van der Waals surface area (Å²) in [4.78, 5) is 25.0. The Bertz CT molecular complexity index is 650. The zero-order valence-electron chi connectivity index (χ0n) is 13.5. The fourth-order valence-corrected chi connectivity index (χ4v) is 3.10. The molecule has 1 aromatic heterocycles. The van der Waals surface area contributed by atoms with Gasteiger partial charge in [0.2, 0.25) is 11.8 Å².